The lowest BCUT2D eigenvalue weighted by Gasteiger charge is -2.23. The molecule has 0 radical (unpaired) electrons. The molecule has 0 aromatic carbocycles. The summed E-state index contributed by atoms with van der Waals surface area (Å²) in [4.78, 5) is 2.00. The van der Waals surface area contributed by atoms with E-state index in [4.69, 9.17) is 0 Å². The van der Waals surface area contributed by atoms with Crippen molar-refractivity contribution in [1.29, 1.82) is 0 Å². The predicted octanol–water partition coefficient (Wildman–Crippen LogP) is 2.77. The van der Waals surface area contributed by atoms with Crippen molar-refractivity contribution >= 4 is 37.3 Å². The van der Waals surface area contributed by atoms with Crippen LogP contribution in [0.25, 0.3) is 0 Å². The third kappa shape index (κ3) is 5.51. The Morgan fingerprint density at radius 1 is 1.42 bits per heavy atom. The highest BCUT2D eigenvalue weighted by Crippen LogP contribution is 2.27. The van der Waals surface area contributed by atoms with Gasteiger partial charge in [0, 0.05) is 17.1 Å². The van der Waals surface area contributed by atoms with Crippen molar-refractivity contribution in [3.05, 3.63) is 15.9 Å². The van der Waals surface area contributed by atoms with Crippen LogP contribution in [0.4, 0.5) is 0 Å². The number of sulfonamides is 1. The van der Waals surface area contributed by atoms with Crippen LogP contribution in [0.3, 0.4) is 0 Å². The van der Waals surface area contributed by atoms with E-state index in [1.54, 1.807) is 11.4 Å². The second-order valence-electron chi connectivity index (χ2n) is 5.27. The topological polar surface area (TPSA) is 49.4 Å². The second kappa shape index (κ2) is 7.17. The van der Waals surface area contributed by atoms with Crippen LogP contribution in [0.5, 0.6) is 0 Å². The highest BCUT2D eigenvalue weighted by Gasteiger charge is 2.24. The molecule has 7 heteroatoms. The van der Waals surface area contributed by atoms with Crippen LogP contribution in [-0.4, -0.2) is 40.0 Å². The summed E-state index contributed by atoms with van der Waals surface area (Å²) in [6.45, 7) is 4.89. The summed E-state index contributed by atoms with van der Waals surface area (Å²) in [5.74, 6) is 0.444. The molecule has 0 saturated heterocycles. The molecule has 0 aliphatic rings. The van der Waals surface area contributed by atoms with E-state index in [-0.39, 0.29) is 6.04 Å². The Labute approximate surface area is 128 Å². The van der Waals surface area contributed by atoms with Crippen molar-refractivity contribution in [2.24, 2.45) is 5.92 Å². The van der Waals surface area contributed by atoms with Crippen LogP contribution in [0.1, 0.15) is 20.3 Å². The van der Waals surface area contributed by atoms with E-state index in [2.05, 4.69) is 34.5 Å². The third-order valence-electron chi connectivity index (χ3n) is 2.49. The van der Waals surface area contributed by atoms with E-state index >= 15 is 0 Å². The number of hydrogen-bond acceptors (Lipinski definition) is 4. The lowest BCUT2D eigenvalue weighted by atomic mass is 10.0. The lowest BCUT2D eigenvalue weighted by Crippen LogP contribution is -2.42. The molecule has 0 spiro atoms. The summed E-state index contributed by atoms with van der Waals surface area (Å²) in [5, 5.41) is 1.77. The molecule has 1 rings (SSSR count). The summed E-state index contributed by atoms with van der Waals surface area (Å²) in [5.41, 5.74) is 0. The van der Waals surface area contributed by atoms with Crippen LogP contribution in [-0.2, 0) is 10.0 Å². The number of nitrogens with zero attached hydrogens (tertiary/aromatic N) is 1. The Hall–Kier alpha value is 0.0500. The molecule has 1 aromatic heterocycles. The highest BCUT2D eigenvalue weighted by molar-refractivity contribution is 9.10. The number of likely N-dealkylation sites (N-methyl/N-ethyl adjacent to an activating group) is 1. The van der Waals surface area contributed by atoms with Gasteiger partial charge in [0.2, 0.25) is 0 Å². The fourth-order valence-electron chi connectivity index (χ4n) is 1.91. The Kier molecular flexibility index (Phi) is 6.46. The quantitative estimate of drug-likeness (QED) is 0.804. The zero-order valence-corrected chi connectivity index (χ0v) is 14.9. The zero-order valence-electron chi connectivity index (χ0n) is 11.7. The van der Waals surface area contributed by atoms with Gasteiger partial charge in [0.15, 0.2) is 0 Å². The first kappa shape index (κ1) is 17.1. The summed E-state index contributed by atoms with van der Waals surface area (Å²) in [7, 11) is 0.451. The van der Waals surface area contributed by atoms with Crippen molar-refractivity contribution in [1.82, 2.24) is 9.62 Å². The van der Waals surface area contributed by atoms with Crippen LogP contribution in [0.2, 0.25) is 0 Å². The van der Waals surface area contributed by atoms with Gasteiger partial charge in [-0.3, -0.25) is 0 Å². The number of thiophene rings is 1. The summed E-state index contributed by atoms with van der Waals surface area (Å²) >= 11 is 4.50. The van der Waals surface area contributed by atoms with E-state index in [9.17, 15) is 8.42 Å². The van der Waals surface area contributed by atoms with E-state index in [1.165, 1.54) is 11.3 Å². The van der Waals surface area contributed by atoms with Crippen molar-refractivity contribution in [2.75, 3.05) is 20.6 Å². The van der Waals surface area contributed by atoms with Crippen LogP contribution >= 0.6 is 27.3 Å². The minimum Gasteiger partial charge on any atom is -0.308 e. The molecule has 1 aromatic rings. The van der Waals surface area contributed by atoms with Gasteiger partial charge in [-0.2, -0.15) is 0 Å². The Bertz CT molecular complexity index is 488. The molecule has 1 unspecified atom stereocenters. The SMILES string of the molecule is CC(C)CC(CN(C)C)NS(=O)(=O)c1sccc1Br. The normalized spacial score (nSPS) is 14.3. The van der Waals surface area contributed by atoms with Crippen molar-refractivity contribution < 1.29 is 8.42 Å². The maximum Gasteiger partial charge on any atom is 0.251 e. The molecule has 4 nitrogen and oxygen atoms in total. The van der Waals surface area contributed by atoms with Crippen molar-refractivity contribution in [3.63, 3.8) is 0 Å². The van der Waals surface area contributed by atoms with Gasteiger partial charge in [0.25, 0.3) is 10.0 Å². The third-order valence-corrected chi connectivity index (χ3v) is 6.68. The molecule has 1 heterocycles. The molecule has 0 fully saturated rings. The summed E-state index contributed by atoms with van der Waals surface area (Å²) in [6, 6.07) is 1.68. The van der Waals surface area contributed by atoms with E-state index in [0.717, 1.165) is 6.42 Å². The number of hydrogen-bond donors (Lipinski definition) is 1. The molecular weight excluding hydrogens is 348 g/mol. The van der Waals surface area contributed by atoms with Gasteiger partial charge < -0.3 is 4.90 Å². The van der Waals surface area contributed by atoms with Crippen LogP contribution < -0.4 is 4.72 Å². The smallest absolute Gasteiger partial charge is 0.251 e. The monoisotopic (exact) mass is 368 g/mol. The largest absolute Gasteiger partial charge is 0.308 e. The number of rotatable bonds is 7. The molecule has 19 heavy (non-hydrogen) atoms. The van der Waals surface area contributed by atoms with Gasteiger partial charge in [-0.15, -0.1) is 11.3 Å². The summed E-state index contributed by atoms with van der Waals surface area (Å²) in [6.07, 6.45) is 0.820. The summed E-state index contributed by atoms with van der Waals surface area (Å²) < 4.78 is 28.5. The fraction of sp³-hybridized carbons (Fsp3) is 0.667. The van der Waals surface area contributed by atoms with Gasteiger partial charge in [0.1, 0.15) is 4.21 Å². The first-order chi connectivity index (χ1) is 8.72. The molecule has 0 bridgehead atoms. The average molecular weight is 369 g/mol. The molecule has 0 saturated carbocycles. The zero-order chi connectivity index (χ0) is 14.6. The Morgan fingerprint density at radius 2 is 2.05 bits per heavy atom. The highest BCUT2D eigenvalue weighted by atomic mass is 79.9. The van der Waals surface area contributed by atoms with Crippen molar-refractivity contribution in [2.45, 2.75) is 30.5 Å². The molecule has 1 N–H and O–H groups in total. The van der Waals surface area contributed by atoms with Gasteiger partial charge in [0.05, 0.1) is 0 Å². The van der Waals surface area contributed by atoms with Gasteiger partial charge in [-0.1, -0.05) is 13.8 Å². The molecule has 1 atom stereocenters. The van der Waals surface area contributed by atoms with Crippen molar-refractivity contribution in [3.8, 4) is 0 Å². The van der Waals surface area contributed by atoms with Gasteiger partial charge >= 0.3 is 0 Å². The minimum atomic E-state index is -3.44. The minimum absolute atomic E-state index is 0.0750. The molecule has 0 amide bonds. The lowest BCUT2D eigenvalue weighted by molar-refractivity contribution is 0.329. The first-order valence-corrected chi connectivity index (χ1v) is 9.28. The van der Waals surface area contributed by atoms with Gasteiger partial charge in [-0.25, -0.2) is 13.1 Å². The van der Waals surface area contributed by atoms with Crippen LogP contribution in [0, 0.1) is 5.92 Å². The Morgan fingerprint density at radius 3 is 2.47 bits per heavy atom. The first-order valence-electron chi connectivity index (χ1n) is 6.12. The Balaban J connectivity index is 2.86. The van der Waals surface area contributed by atoms with E-state index in [1.807, 2.05) is 19.0 Å². The molecule has 110 valence electrons. The average Bonchev–Trinajstić information content (AvgIpc) is 2.61. The fourth-order valence-corrected chi connectivity index (χ4v) is 5.51. The molecule has 0 aliphatic heterocycles. The van der Waals surface area contributed by atoms with Crippen LogP contribution in [0.15, 0.2) is 20.1 Å². The second-order valence-corrected chi connectivity index (χ2v) is 8.95. The van der Waals surface area contributed by atoms with E-state index < -0.39 is 10.0 Å². The predicted molar refractivity (Wildman–Crippen MR) is 84.1 cm³/mol. The standard InChI is InChI=1S/C12H21BrN2O2S2/c1-9(2)7-10(8-15(3)4)14-19(16,17)12-11(13)5-6-18-12/h5-6,9-10,14H,7-8H2,1-4H3. The van der Waals surface area contributed by atoms with E-state index in [0.29, 0.717) is 21.1 Å². The molecule has 0 aliphatic carbocycles. The maximum absolute atomic E-state index is 12.3. The molecular formula is C12H21BrN2O2S2. The number of halogens is 1. The maximum atomic E-state index is 12.3. The van der Waals surface area contributed by atoms with Gasteiger partial charge in [-0.05, 0) is 53.8 Å². The number of nitrogens with one attached hydrogen (secondary N) is 1.